The average Bonchev–Trinajstić information content (AvgIpc) is 3.35. The van der Waals surface area contributed by atoms with E-state index in [1.54, 1.807) is 0 Å². The molecule has 1 aliphatic carbocycles. The van der Waals surface area contributed by atoms with E-state index in [4.69, 9.17) is 18.5 Å². The van der Waals surface area contributed by atoms with Crippen molar-refractivity contribution in [3.05, 3.63) is 85.1 Å². The first-order valence-electron chi connectivity index (χ1n) is 27.4. The van der Waals surface area contributed by atoms with Gasteiger partial charge in [-0.1, -0.05) is 195 Å². The second kappa shape index (κ2) is 46.3. The highest BCUT2D eigenvalue weighted by Gasteiger charge is 2.51. The molecule has 1 fully saturated rings. The number of hydrogen-bond donors (Lipinski definition) is 6. The third-order valence-electron chi connectivity index (χ3n) is 12.3. The number of ether oxygens (including phenoxy) is 2. The summed E-state index contributed by atoms with van der Waals surface area (Å²) in [4.78, 5) is 23.3. The summed E-state index contributed by atoms with van der Waals surface area (Å²) in [7, 11) is -5.04. The molecule has 12 nitrogen and oxygen atoms in total. The standard InChI is InChI=1S/C57H99O12P/c1-3-5-7-9-11-13-15-17-19-21-23-25-26-27-28-30-32-34-36-38-40-42-44-46-51(58)68-50(49-67-70(64,65)69-57-55(62)53(60)52(59)54(61)56(57)63)48-66-47-45-43-41-39-37-35-33-31-29-24-22-20-18-16-14-12-10-8-6-4-2/h5,7,11-14,17-20,23-25,29,50,52-57,59-63H,3-4,6,8-10,15-16,21-22,26-28,30-49H2,1-2H3,(H,64,65)/b7-5-,13-11-,14-12-,19-17-,20-18-,25-23-,29-24-. The number of phosphoric ester groups is 1. The van der Waals surface area contributed by atoms with E-state index in [0.29, 0.717) is 13.0 Å². The predicted molar refractivity (Wildman–Crippen MR) is 285 cm³/mol. The van der Waals surface area contributed by atoms with Crippen molar-refractivity contribution in [1.29, 1.82) is 0 Å². The first-order valence-corrected chi connectivity index (χ1v) is 28.9. The zero-order chi connectivity index (χ0) is 51.2. The molecule has 0 heterocycles. The van der Waals surface area contributed by atoms with Crippen molar-refractivity contribution in [2.75, 3.05) is 19.8 Å². The van der Waals surface area contributed by atoms with E-state index in [1.807, 2.05) is 0 Å². The van der Waals surface area contributed by atoms with Crippen LogP contribution < -0.4 is 0 Å². The first-order chi connectivity index (χ1) is 34.0. The fourth-order valence-corrected chi connectivity index (χ4v) is 8.91. The zero-order valence-corrected chi connectivity index (χ0v) is 44.4. The minimum Gasteiger partial charge on any atom is -0.457 e. The summed E-state index contributed by atoms with van der Waals surface area (Å²) >= 11 is 0. The van der Waals surface area contributed by atoms with Crippen LogP contribution in [0.1, 0.15) is 206 Å². The van der Waals surface area contributed by atoms with Crippen molar-refractivity contribution in [3.63, 3.8) is 0 Å². The number of esters is 1. The molecule has 6 N–H and O–H groups in total. The number of rotatable bonds is 46. The molecule has 0 saturated heterocycles. The highest BCUT2D eigenvalue weighted by atomic mass is 31.2. The van der Waals surface area contributed by atoms with E-state index in [0.717, 1.165) is 96.3 Å². The van der Waals surface area contributed by atoms with Crippen molar-refractivity contribution in [1.82, 2.24) is 0 Å². The van der Waals surface area contributed by atoms with Crippen molar-refractivity contribution in [2.45, 2.75) is 249 Å². The molecule has 0 bridgehead atoms. The van der Waals surface area contributed by atoms with Gasteiger partial charge in [0.15, 0.2) is 0 Å². The van der Waals surface area contributed by atoms with Crippen LogP contribution in [0.2, 0.25) is 0 Å². The average molecular weight is 1010 g/mol. The van der Waals surface area contributed by atoms with Gasteiger partial charge in [-0.2, -0.15) is 0 Å². The van der Waals surface area contributed by atoms with Crippen LogP contribution in [0.15, 0.2) is 85.1 Å². The van der Waals surface area contributed by atoms with Crippen LogP contribution in [0, 0.1) is 0 Å². The number of carbonyl (C=O) groups is 1. The topological polar surface area (TPSA) is 192 Å². The van der Waals surface area contributed by atoms with Crippen LogP contribution in [0.4, 0.5) is 0 Å². The van der Waals surface area contributed by atoms with Crippen LogP contribution in [-0.2, 0) is 27.9 Å². The summed E-state index contributed by atoms with van der Waals surface area (Å²) in [6, 6.07) is 0. The van der Waals surface area contributed by atoms with Crippen LogP contribution in [0.25, 0.3) is 0 Å². The van der Waals surface area contributed by atoms with Crippen LogP contribution in [0.5, 0.6) is 0 Å². The maximum Gasteiger partial charge on any atom is 0.472 e. The third kappa shape index (κ3) is 37.3. The molecule has 1 rings (SSSR count). The van der Waals surface area contributed by atoms with Crippen LogP contribution in [-0.4, -0.2) is 98.9 Å². The molecule has 404 valence electrons. The molecule has 0 aromatic carbocycles. The van der Waals surface area contributed by atoms with Crippen molar-refractivity contribution in [2.24, 2.45) is 0 Å². The SMILES string of the molecule is CC/C=C\C/C=C\C/C=C\C/C=C\CCCCCCCCCCCCC(=O)OC(COCCCCCCCCC/C=C\C/C=C\C/C=C\CCCCC)COP(=O)(O)OC1C(O)C(O)C(O)C(O)C1O. The number of phosphoric acid groups is 1. The minimum absolute atomic E-state index is 0.0893. The Balaban J connectivity index is 2.33. The minimum atomic E-state index is -5.04. The monoisotopic (exact) mass is 1010 g/mol. The third-order valence-corrected chi connectivity index (χ3v) is 13.2. The van der Waals surface area contributed by atoms with E-state index in [9.17, 15) is 39.8 Å². The van der Waals surface area contributed by atoms with Crippen LogP contribution in [0.3, 0.4) is 0 Å². The second-order valence-corrected chi connectivity index (χ2v) is 20.1. The Kier molecular flexibility index (Phi) is 43.4. The van der Waals surface area contributed by atoms with E-state index in [2.05, 4.69) is 98.9 Å². The number of aliphatic hydroxyl groups excluding tert-OH is 5. The molecule has 0 amide bonds. The Morgan fingerprint density at radius 2 is 0.843 bits per heavy atom. The summed E-state index contributed by atoms with van der Waals surface area (Å²) in [5.41, 5.74) is 0. The lowest BCUT2D eigenvalue weighted by Crippen LogP contribution is -2.64. The van der Waals surface area contributed by atoms with Gasteiger partial charge in [-0.3, -0.25) is 13.8 Å². The number of aliphatic hydroxyl groups is 5. The molecule has 70 heavy (non-hydrogen) atoms. The fourth-order valence-electron chi connectivity index (χ4n) is 7.94. The predicted octanol–water partition coefficient (Wildman–Crippen LogP) is 12.9. The second-order valence-electron chi connectivity index (χ2n) is 18.7. The highest BCUT2D eigenvalue weighted by Crippen LogP contribution is 2.47. The lowest BCUT2D eigenvalue weighted by molar-refractivity contribution is -0.220. The summed E-state index contributed by atoms with van der Waals surface area (Å²) in [5.74, 6) is -0.488. The molecule has 13 heteroatoms. The molecule has 0 aromatic rings. The van der Waals surface area contributed by atoms with Gasteiger partial charge >= 0.3 is 13.8 Å². The molecule has 0 aliphatic heterocycles. The number of carbonyl (C=O) groups excluding carboxylic acids is 1. The number of allylic oxidation sites excluding steroid dienone is 14. The molecule has 0 spiro atoms. The normalized spacial score (nSPS) is 21.5. The van der Waals surface area contributed by atoms with Crippen molar-refractivity contribution >= 4 is 13.8 Å². The number of hydrogen-bond acceptors (Lipinski definition) is 11. The van der Waals surface area contributed by atoms with Gasteiger partial charge in [0.1, 0.15) is 42.7 Å². The van der Waals surface area contributed by atoms with Gasteiger partial charge in [0.2, 0.25) is 0 Å². The van der Waals surface area contributed by atoms with Gasteiger partial charge in [0, 0.05) is 13.0 Å². The Morgan fingerprint density at radius 3 is 1.29 bits per heavy atom. The summed E-state index contributed by atoms with van der Waals surface area (Å²) in [6.07, 6.45) is 50.7. The van der Waals surface area contributed by atoms with E-state index >= 15 is 0 Å². The van der Waals surface area contributed by atoms with Crippen molar-refractivity contribution in [3.8, 4) is 0 Å². The van der Waals surface area contributed by atoms with Gasteiger partial charge in [0.05, 0.1) is 13.2 Å². The van der Waals surface area contributed by atoms with Gasteiger partial charge in [-0.15, -0.1) is 0 Å². The quantitative estimate of drug-likeness (QED) is 0.0147. The molecule has 1 aliphatic rings. The largest absolute Gasteiger partial charge is 0.472 e. The summed E-state index contributed by atoms with van der Waals surface area (Å²) in [5, 5.41) is 50.4. The first kappa shape index (κ1) is 65.5. The maximum atomic E-state index is 12.9. The van der Waals surface area contributed by atoms with E-state index in [1.165, 1.54) is 83.5 Å². The molecule has 6 atom stereocenters. The molecular weight excluding hydrogens is 908 g/mol. The summed E-state index contributed by atoms with van der Waals surface area (Å²) < 4.78 is 34.4. The molecular formula is C57H99O12P. The Bertz CT molecular complexity index is 1480. The molecule has 6 unspecified atom stereocenters. The smallest absolute Gasteiger partial charge is 0.457 e. The molecule has 1 saturated carbocycles. The lowest BCUT2D eigenvalue weighted by Gasteiger charge is -2.41. The molecule has 0 radical (unpaired) electrons. The summed E-state index contributed by atoms with van der Waals surface area (Å²) in [6.45, 7) is 4.11. The Labute approximate surface area is 424 Å². The lowest BCUT2D eigenvalue weighted by atomic mass is 9.85. The van der Waals surface area contributed by atoms with Gasteiger partial charge in [-0.25, -0.2) is 4.57 Å². The maximum absolute atomic E-state index is 12.9. The zero-order valence-electron chi connectivity index (χ0n) is 43.5. The van der Waals surface area contributed by atoms with Crippen LogP contribution >= 0.6 is 7.82 Å². The van der Waals surface area contributed by atoms with E-state index < -0.39 is 63.1 Å². The van der Waals surface area contributed by atoms with Gasteiger partial charge in [0.25, 0.3) is 0 Å². The Hall–Kier alpha value is -2.48. The Morgan fingerprint density at radius 1 is 0.471 bits per heavy atom. The van der Waals surface area contributed by atoms with E-state index in [-0.39, 0.29) is 13.0 Å². The number of unbranched alkanes of at least 4 members (excludes halogenated alkanes) is 20. The van der Waals surface area contributed by atoms with Gasteiger partial charge < -0.3 is 39.9 Å². The van der Waals surface area contributed by atoms with Crippen molar-refractivity contribution < 1.29 is 58.3 Å². The van der Waals surface area contributed by atoms with Gasteiger partial charge in [-0.05, 0) is 89.9 Å². The molecule has 0 aromatic heterocycles. The fraction of sp³-hybridized carbons (Fsp3) is 0.737. The highest BCUT2D eigenvalue weighted by molar-refractivity contribution is 7.47.